The fourth-order valence-corrected chi connectivity index (χ4v) is 10.4. The normalized spacial score (nSPS) is 21.2. The Morgan fingerprint density at radius 2 is 1.03 bits per heavy atom. The van der Waals surface area contributed by atoms with E-state index in [0.29, 0.717) is 97.5 Å². The van der Waals surface area contributed by atoms with E-state index in [-0.39, 0.29) is 106 Å². The molecule has 5 aromatic carbocycles. The van der Waals surface area contributed by atoms with Crippen LogP contribution in [0.15, 0.2) is 138 Å². The quantitative estimate of drug-likeness (QED) is 0.0956. The van der Waals surface area contributed by atoms with E-state index in [1.165, 1.54) is 24.5 Å². The summed E-state index contributed by atoms with van der Waals surface area (Å²) in [5, 5.41) is 10.6. The maximum Gasteiger partial charge on any atom is 3.00 e. The fourth-order valence-electron chi connectivity index (χ4n) is 10.4. The van der Waals surface area contributed by atoms with Gasteiger partial charge < -0.3 is 19.4 Å². The van der Waals surface area contributed by atoms with Crippen LogP contribution >= 0.6 is 0 Å². The fraction of sp³-hybridized carbons (Fsp3) is 0.313. The molecule has 4 aromatic heterocycles. The first-order valence-corrected chi connectivity index (χ1v) is 24.9. The molecule has 4 heterocycles. The average molecular weight is 1150 g/mol. The molecule has 9 aromatic rings. The number of furan rings is 1. The van der Waals surface area contributed by atoms with Gasteiger partial charge in [0.2, 0.25) is 0 Å². The first kappa shape index (κ1) is 32.6. The number of benzene rings is 5. The van der Waals surface area contributed by atoms with Crippen LogP contribution in [0.1, 0.15) is 174 Å². The number of aromatic nitrogens is 3. The van der Waals surface area contributed by atoms with Gasteiger partial charge in [-0.05, 0) is 174 Å². The molecule has 3 fully saturated rings. The molecule has 6 heteroatoms. The number of hydrogen-bond acceptors (Lipinski definition) is 5. The van der Waals surface area contributed by atoms with Gasteiger partial charge in [-0.1, -0.05) is 91.9 Å². The van der Waals surface area contributed by atoms with Crippen molar-refractivity contribution in [2.24, 2.45) is 0 Å². The van der Waals surface area contributed by atoms with Crippen LogP contribution in [0.3, 0.4) is 0 Å². The Labute approximate surface area is 468 Å². The first-order chi connectivity index (χ1) is 42.0. The molecule has 0 radical (unpaired) electrons. The summed E-state index contributed by atoms with van der Waals surface area (Å²) in [6, 6.07) is 36.9. The number of pyridine rings is 3. The summed E-state index contributed by atoms with van der Waals surface area (Å²) in [7, 11) is 0. The van der Waals surface area contributed by atoms with E-state index in [2.05, 4.69) is 33.2 Å². The zero-order chi connectivity index (χ0) is 63.5. The van der Waals surface area contributed by atoms with Crippen LogP contribution in [0.5, 0.6) is 0 Å². The third-order valence-corrected chi connectivity index (χ3v) is 14.1. The van der Waals surface area contributed by atoms with Crippen molar-refractivity contribution < 1.29 is 47.8 Å². The zero-order valence-corrected chi connectivity index (χ0v) is 42.5. The molecule has 0 N–H and O–H groups in total. The molecule has 364 valence electrons. The summed E-state index contributed by atoms with van der Waals surface area (Å²) in [5.41, 5.74) is -0.402. The molecule has 0 atom stereocenters. The van der Waals surface area contributed by atoms with Crippen LogP contribution in [0.4, 0.5) is 0 Å². The van der Waals surface area contributed by atoms with Gasteiger partial charge in [-0.3, -0.25) is 0 Å². The second-order valence-electron chi connectivity index (χ2n) is 18.7. The van der Waals surface area contributed by atoms with Crippen LogP contribution in [-0.4, -0.2) is 15.0 Å². The minimum atomic E-state index is -3.36. The van der Waals surface area contributed by atoms with E-state index in [0.717, 1.165) is 24.4 Å². The Balaban J connectivity index is 0.00000833. The zero-order valence-electron chi connectivity index (χ0n) is 57.1. The van der Waals surface area contributed by atoms with Crippen molar-refractivity contribution in [3.63, 3.8) is 0 Å². The summed E-state index contributed by atoms with van der Waals surface area (Å²) in [6.07, 6.45) is -10.5. The maximum absolute atomic E-state index is 10.1. The molecule has 3 saturated carbocycles. The smallest absolute Gasteiger partial charge is 0.501 e. The van der Waals surface area contributed by atoms with Gasteiger partial charge in [0.05, 0.1) is 20.0 Å². The van der Waals surface area contributed by atoms with Gasteiger partial charge in [0.1, 0.15) is 5.58 Å². The van der Waals surface area contributed by atoms with Crippen molar-refractivity contribution in [2.75, 3.05) is 0 Å². The Hall–Kier alpha value is -6.51. The van der Waals surface area contributed by atoms with E-state index >= 15 is 0 Å². The van der Waals surface area contributed by atoms with Crippen LogP contribution in [0, 0.1) is 29.5 Å². The summed E-state index contributed by atoms with van der Waals surface area (Å²) >= 11 is 0. The Bertz CT molecular complexity index is 4130. The standard InChI is InChI=1S/C67H61N4O.Ir/c68-41-48-29-33-57-58-24-13-25-59(67(58)72-66(57)37-48)65-40-62(51-18-11-12-19-51)56(44-71-65)32-28-47-35-45(26-30-54-42-69-63(52-20-3-1-4-21-52)38-60(54)49-14-7-8-15-49)34-46(36-47)27-31-55-43-70-64(53-22-5-2-6-23-53)39-61(55)50-16-9-10-17-50;/h1-6,13,20,22,24,29,33-40,42-44,49-51H,7-12,14-19,26-28,30-32H2;/q-3;+3/i26D2,27D2,28D2,29D,30D2,31D2,32D2,37D,49D,50D,51D;. The van der Waals surface area contributed by atoms with E-state index in [1.807, 2.05) is 6.07 Å². The van der Waals surface area contributed by atoms with Crippen molar-refractivity contribution in [1.82, 2.24) is 15.0 Å². The minimum absolute atomic E-state index is 0. The third-order valence-electron chi connectivity index (χ3n) is 14.1. The molecule has 73 heavy (non-hydrogen) atoms. The molecule has 3 aliphatic rings. The van der Waals surface area contributed by atoms with Crippen molar-refractivity contribution >= 4 is 21.9 Å². The average Bonchev–Trinajstić information content (AvgIpc) is 0.803. The van der Waals surface area contributed by atoms with Crippen molar-refractivity contribution in [1.29, 1.82) is 5.26 Å². The number of aryl methyl sites for hydroxylation is 6. The SMILES string of the molecule is [2H]c1cc2c(oc3c(-c4cc(C5([2H])CCCC5)c(C([2H])([2H])C([2H])([2H])c5cc(C([2H])([2H])C([2H])([2H])c6cnc(-c7[c-]cccc7)cc6C6([2H])CCCC6)cc(C([2H])([2H])C([2H])([2H])c6cnc(-c7[c-]cccc7)cc6C6([2H])CCCC6)c5)cn4)[c-]ccc32)c([2H])c1C#N.[Ir+3]. The predicted molar refractivity (Wildman–Crippen MR) is 290 cm³/mol. The van der Waals surface area contributed by atoms with Crippen molar-refractivity contribution in [3.8, 4) is 39.8 Å². The molecule has 0 bridgehead atoms. The van der Waals surface area contributed by atoms with Gasteiger partial charge in [0.15, 0.2) is 0 Å². The van der Waals surface area contributed by atoms with E-state index in [9.17, 15) is 25.8 Å². The molecule has 0 amide bonds. The van der Waals surface area contributed by atoms with E-state index < -0.39 is 72.6 Å². The summed E-state index contributed by atoms with van der Waals surface area (Å²) in [4.78, 5) is 13.9. The molecule has 5 nitrogen and oxygen atoms in total. The summed E-state index contributed by atoms with van der Waals surface area (Å²) < 4.78 is 173. The molecule has 0 spiro atoms. The number of nitrogens with zero attached hydrogens (tertiary/aromatic N) is 4. The van der Waals surface area contributed by atoms with Gasteiger partial charge in [-0.25, -0.2) is 0 Å². The monoisotopic (exact) mass is 1150 g/mol. The topological polar surface area (TPSA) is 75.6 Å². The van der Waals surface area contributed by atoms with Crippen molar-refractivity contribution in [2.45, 2.75) is 133 Å². The number of hydrogen-bond donors (Lipinski definition) is 0. The van der Waals surface area contributed by atoms with Crippen LogP contribution in [0.2, 0.25) is 0 Å². The molecule has 0 unspecified atom stereocenters. The third kappa shape index (κ3) is 10.6. The van der Waals surface area contributed by atoms with Gasteiger partial charge in [-0.15, -0.1) is 90.0 Å². The second-order valence-corrected chi connectivity index (χ2v) is 18.7. The molecule has 3 aliphatic carbocycles. The van der Waals surface area contributed by atoms with E-state index in [4.69, 9.17) is 7.16 Å². The molecule has 0 aliphatic heterocycles. The van der Waals surface area contributed by atoms with E-state index in [1.54, 1.807) is 72.8 Å². The van der Waals surface area contributed by atoms with Gasteiger partial charge in [-0.2, -0.15) is 5.26 Å². The van der Waals surface area contributed by atoms with Crippen LogP contribution in [-0.2, 0) is 58.3 Å². The molecular formula is C67H61IrN4O. The molecular weight excluding hydrogens is 1070 g/mol. The van der Waals surface area contributed by atoms with Crippen LogP contribution < -0.4 is 0 Å². The predicted octanol–water partition coefficient (Wildman–Crippen LogP) is 16.4. The Morgan fingerprint density at radius 3 is 1.48 bits per heavy atom. The Morgan fingerprint density at radius 1 is 0.562 bits per heavy atom. The van der Waals surface area contributed by atoms with Crippen LogP contribution in [0.25, 0.3) is 55.7 Å². The van der Waals surface area contributed by atoms with Gasteiger partial charge in [0, 0.05) is 44.5 Å². The Kier molecular flexibility index (Phi) is 9.97. The maximum atomic E-state index is 10.1. The minimum Gasteiger partial charge on any atom is -0.501 e. The second kappa shape index (κ2) is 22.3. The molecule has 0 saturated heterocycles. The van der Waals surface area contributed by atoms with Crippen molar-refractivity contribution in [3.05, 3.63) is 208 Å². The largest absolute Gasteiger partial charge is 3.00 e. The number of rotatable bonds is 15. The summed E-state index contributed by atoms with van der Waals surface area (Å²) in [5.74, 6) is -4.30. The molecule has 12 rings (SSSR count). The van der Waals surface area contributed by atoms with Gasteiger partial charge >= 0.3 is 20.1 Å². The van der Waals surface area contributed by atoms with Gasteiger partial charge in [0.25, 0.3) is 0 Å². The first-order valence-electron chi connectivity index (χ1n) is 33.4. The number of fused-ring (bicyclic) bond motifs is 3. The summed E-state index contributed by atoms with van der Waals surface area (Å²) in [6.45, 7) is 0. The number of nitriles is 1.